The van der Waals surface area contributed by atoms with Crippen LogP contribution in [0.2, 0.25) is 0 Å². The molecule has 1 N–H and O–H groups in total. The summed E-state index contributed by atoms with van der Waals surface area (Å²) in [5.74, 6) is 1.59. The van der Waals surface area contributed by atoms with Crippen LogP contribution in [-0.4, -0.2) is 26.4 Å². The molecule has 0 aliphatic carbocycles. The summed E-state index contributed by atoms with van der Waals surface area (Å²) < 4.78 is 7.40. The summed E-state index contributed by atoms with van der Waals surface area (Å²) in [7, 11) is 0. The molecular weight excluding hydrogens is 396 g/mol. The van der Waals surface area contributed by atoms with Gasteiger partial charge in [0.2, 0.25) is 5.91 Å². The van der Waals surface area contributed by atoms with Gasteiger partial charge in [-0.05, 0) is 50.6 Å². The van der Waals surface area contributed by atoms with E-state index in [-0.39, 0.29) is 11.7 Å². The van der Waals surface area contributed by atoms with E-state index in [0.29, 0.717) is 11.0 Å². The number of benzene rings is 2. The molecule has 0 aliphatic rings. The van der Waals surface area contributed by atoms with Crippen LogP contribution in [0.3, 0.4) is 0 Å². The van der Waals surface area contributed by atoms with Crippen molar-refractivity contribution in [2.45, 2.75) is 25.9 Å². The topological polar surface area (TPSA) is 73.0 Å². The van der Waals surface area contributed by atoms with E-state index in [1.807, 2.05) is 79.9 Å². The average molecular weight is 419 g/mol. The number of nitrogens with zero attached hydrogens (tertiary/aromatic N) is 3. The van der Waals surface area contributed by atoms with E-state index < -0.39 is 0 Å². The molecule has 2 aromatic heterocycles. The Hall–Kier alpha value is -3.32. The van der Waals surface area contributed by atoms with E-state index in [4.69, 9.17) is 4.42 Å². The zero-order chi connectivity index (χ0) is 21.1. The number of para-hydroxylation sites is 1. The summed E-state index contributed by atoms with van der Waals surface area (Å²) in [6, 6.07) is 17.7. The third-order valence-electron chi connectivity index (χ3n) is 4.74. The predicted molar refractivity (Wildman–Crippen MR) is 119 cm³/mol. The van der Waals surface area contributed by atoms with Crippen molar-refractivity contribution < 1.29 is 9.21 Å². The highest BCUT2D eigenvalue weighted by Crippen LogP contribution is 2.30. The average Bonchev–Trinajstić information content (AvgIpc) is 3.35. The highest BCUT2D eigenvalue weighted by Gasteiger charge is 2.19. The minimum Gasteiger partial charge on any atom is -0.469 e. The van der Waals surface area contributed by atoms with Crippen LogP contribution in [-0.2, 0) is 4.79 Å². The van der Waals surface area contributed by atoms with Gasteiger partial charge in [0, 0.05) is 11.4 Å². The van der Waals surface area contributed by atoms with Crippen molar-refractivity contribution in [3.05, 3.63) is 77.7 Å². The van der Waals surface area contributed by atoms with E-state index in [1.54, 1.807) is 6.26 Å². The van der Waals surface area contributed by atoms with Crippen LogP contribution in [0.1, 0.15) is 16.9 Å². The number of aromatic nitrogens is 3. The largest absolute Gasteiger partial charge is 0.469 e. The number of amides is 1. The molecule has 0 aliphatic heterocycles. The lowest BCUT2D eigenvalue weighted by molar-refractivity contribution is -0.113. The van der Waals surface area contributed by atoms with Gasteiger partial charge in [-0.2, -0.15) is 0 Å². The summed E-state index contributed by atoms with van der Waals surface area (Å²) >= 11 is 1.35. The van der Waals surface area contributed by atoms with Crippen molar-refractivity contribution >= 4 is 23.4 Å². The molecule has 152 valence electrons. The van der Waals surface area contributed by atoms with E-state index in [0.717, 1.165) is 33.8 Å². The number of furan rings is 1. The molecule has 0 atom stereocenters. The second kappa shape index (κ2) is 8.59. The lowest BCUT2D eigenvalue weighted by Crippen LogP contribution is -2.15. The van der Waals surface area contributed by atoms with Crippen LogP contribution in [0.25, 0.3) is 17.1 Å². The van der Waals surface area contributed by atoms with Crippen LogP contribution in [0, 0.1) is 20.8 Å². The Balaban J connectivity index is 1.58. The van der Waals surface area contributed by atoms with Gasteiger partial charge in [0.05, 0.1) is 17.6 Å². The van der Waals surface area contributed by atoms with Gasteiger partial charge < -0.3 is 9.73 Å². The lowest BCUT2D eigenvalue weighted by atomic mass is 10.1. The van der Waals surface area contributed by atoms with Crippen LogP contribution < -0.4 is 5.32 Å². The molecule has 0 spiro atoms. The van der Waals surface area contributed by atoms with E-state index in [2.05, 4.69) is 15.5 Å². The molecule has 0 unspecified atom stereocenters. The molecule has 0 saturated carbocycles. The van der Waals surface area contributed by atoms with Gasteiger partial charge in [-0.15, -0.1) is 10.2 Å². The Labute approximate surface area is 179 Å². The van der Waals surface area contributed by atoms with Crippen LogP contribution in [0.4, 0.5) is 5.69 Å². The highest BCUT2D eigenvalue weighted by molar-refractivity contribution is 7.99. The SMILES string of the molecule is Cc1ccc(NC(=O)CSc2nnc(-c3ccoc3C)n2-c2ccccc2)c(C)c1. The second-order valence-electron chi connectivity index (χ2n) is 7.02. The minimum atomic E-state index is -0.0874. The molecule has 2 heterocycles. The van der Waals surface area contributed by atoms with Crippen molar-refractivity contribution in [2.24, 2.45) is 0 Å². The first-order chi connectivity index (χ1) is 14.5. The molecule has 4 aromatic rings. The number of nitrogens with one attached hydrogen (secondary N) is 1. The Morgan fingerprint density at radius 3 is 2.57 bits per heavy atom. The van der Waals surface area contributed by atoms with Crippen LogP contribution in [0.15, 0.2) is 70.4 Å². The standard InChI is InChI=1S/C23H22N4O2S/c1-15-9-10-20(16(2)13-15)24-21(28)14-30-23-26-25-22(19-11-12-29-17(19)3)27(23)18-7-5-4-6-8-18/h4-13H,14H2,1-3H3,(H,24,28). The van der Waals surface area contributed by atoms with Crippen molar-refractivity contribution in [1.29, 1.82) is 0 Å². The third kappa shape index (κ3) is 4.16. The Morgan fingerprint density at radius 1 is 1.07 bits per heavy atom. The number of hydrogen-bond acceptors (Lipinski definition) is 5. The molecule has 30 heavy (non-hydrogen) atoms. The Bertz CT molecular complexity index is 1180. The first-order valence-electron chi connectivity index (χ1n) is 9.58. The van der Waals surface area contributed by atoms with Gasteiger partial charge in [-0.3, -0.25) is 9.36 Å². The molecule has 4 rings (SSSR count). The number of hydrogen-bond donors (Lipinski definition) is 1. The monoisotopic (exact) mass is 418 g/mol. The number of thioether (sulfide) groups is 1. The summed E-state index contributed by atoms with van der Waals surface area (Å²) in [5, 5.41) is 12.4. The zero-order valence-corrected chi connectivity index (χ0v) is 17.9. The van der Waals surface area contributed by atoms with Gasteiger partial charge >= 0.3 is 0 Å². The lowest BCUT2D eigenvalue weighted by Gasteiger charge is -2.11. The maximum absolute atomic E-state index is 12.6. The number of carbonyl (C=O) groups excluding carboxylic acids is 1. The van der Waals surface area contributed by atoms with Crippen molar-refractivity contribution in [2.75, 3.05) is 11.1 Å². The molecule has 7 heteroatoms. The Kier molecular flexibility index (Phi) is 5.72. The molecule has 1 amide bonds. The van der Waals surface area contributed by atoms with Crippen LogP contribution >= 0.6 is 11.8 Å². The minimum absolute atomic E-state index is 0.0874. The van der Waals surface area contributed by atoms with Crippen molar-refractivity contribution in [3.63, 3.8) is 0 Å². The zero-order valence-electron chi connectivity index (χ0n) is 17.0. The molecule has 2 aromatic carbocycles. The summed E-state index contributed by atoms with van der Waals surface area (Å²) in [5.41, 5.74) is 4.83. The number of anilines is 1. The summed E-state index contributed by atoms with van der Waals surface area (Å²) in [4.78, 5) is 12.6. The van der Waals surface area contributed by atoms with E-state index >= 15 is 0 Å². The maximum Gasteiger partial charge on any atom is 0.234 e. The first-order valence-corrected chi connectivity index (χ1v) is 10.6. The fourth-order valence-electron chi connectivity index (χ4n) is 3.23. The van der Waals surface area contributed by atoms with Gasteiger partial charge in [-0.25, -0.2) is 0 Å². The second-order valence-corrected chi connectivity index (χ2v) is 7.97. The van der Waals surface area contributed by atoms with Gasteiger partial charge in [0.15, 0.2) is 11.0 Å². The van der Waals surface area contributed by atoms with Gasteiger partial charge in [0.1, 0.15) is 5.76 Å². The molecular formula is C23H22N4O2S. The summed E-state index contributed by atoms with van der Waals surface area (Å²) in [6.07, 6.45) is 1.64. The molecule has 0 saturated heterocycles. The summed E-state index contributed by atoms with van der Waals surface area (Å²) in [6.45, 7) is 5.91. The number of carbonyl (C=O) groups is 1. The van der Waals surface area contributed by atoms with Gasteiger partial charge in [0.25, 0.3) is 0 Å². The fraction of sp³-hybridized carbons (Fsp3) is 0.174. The molecule has 0 bridgehead atoms. The quantitative estimate of drug-likeness (QED) is 0.437. The van der Waals surface area contributed by atoms with Crippen molar-refractivity contribution in [1.82, 2.24) is 14.8 Å². The van der Waals surface area contributed by atoms with Gasteiger partial charge in [-0.1, -0.05) is 47.7 Å². The molecule has 0 radical (unpaired) electrons. The first kappa shape index (κ1) is 20.0. The number of aryl methyl sites for hydroxylation is 3. The molecule has 0 fully saturated rings. The van der Waals surface area contributed by atoms with E-state index in [9.17, 15) is 4.79 Å². The third-order valence-corrected chi connectivity index (χ3v) is 5.66. The highest BCUT2D eigenvalue weighted by atomic mass is 32.2. The Morgan fingerprint density at radius 2 is 1.87 bits per heavy atom. The molecule has 6 nitrogen and oxygen atoms in total. The van der Waals surface area contributed by atoms with Crippen LogP contribution in [0.5, 0.6) is 0 Å². The fourth-order valence-corrected chi connectivity index (χ4v) is 3.99. The maximum atomic E-state index is 12.6. The van der Waals surface area contributed by atoms with E-state index in [1.165, 1.54) is 11.8 Å². The normalized spacial score (nSPS) is 10.9. The predicted octanol–water partition coefficient (Wildman–Crippen LogP) is 5.18. The number of rotatable bonds is 6. The smallest absolute Gasteiger partial charge is 0.234 e. The van der Waals surface area contributed by atoms with Crippen molar-refractivity contribution in [3.8, 4) is 17.1 Å².